The van der Waals surface area contributed by atoms with Crippen molar-refractivity contribution in [3.8, 4) is 0 Å². The van der Waals surface area contributed by atoms with E-state index in [-0.39, 0.29) is 17.0 Å². The van der Waals surface area contributed by atoms with Crippen LogP contribution in [0.3, 0.4) is 0 Å². The molecule has 132 valence electrons. The minimum atomic E-state index is -3.71. The molecule has 0 aromatic heterocycles. The second kappa shape index (κ2) is 6.81. The van der Waals surface area contributed by atoms with E-state index in [1.807, 2.05) is 30.3 Å². The Hall–Kier alpha value is -2.45. The minimum Gasteiger partial charge on any atom is -0.379 e. The van der Waals surface area contributed by atoms with Crippen LogP contribution < -0.4 is 5.32 Å². The normalized spacial score (nSPS) is 20.4. The molecule has 2 aromatic rings. The average Bonchev–Trinajstić information content (AvgIpc) is 3.02. The highest BCUT2D eigenvalue weighted by Gasteiger charge is 2.30. The molecule has 1 N–H and O–H groups in total. The van der Waals surface area contributed by atoms with Crippen molar-refractivity contribution >= 4 is 21.2 Å². The van der Waals surface area contributed by atoms with Crippen molar-refractivity contribution in [2.24, 2.45) is 0 Å². The van der Waals surface area contributed by atoms with Crippen LogP contribution in [-0.4, -0.2) is 32.2 Å². The van der Waals surface area contributed by atoms with Crippen LogP contribution in [-0.2, 0) is 14.6 Å². The summed E-state index contributed by atoms with van der Waals surface area (Å²) < 4.78 is 29.5. The number of sulfone groups is 1. The van der Waals surface area contributed by atoms with Gasteiger partial charge in [-0.2, -0.15) is 0 Å². The van der Waals surface area contributed by atoms with Gasteiger partial charge in [0.05, 0.1) is 11.0 Å². The van der Waals surface area contributed by atoms with E-state index < -0.39 is 20.4 Å². The fraction of sp³-hybridized carbons (Fsp3) is 0.294. The van der Waals surface area contributed by atoms with Crippen LogP contribution in [0.25, 0.3) is 0 Å². The van der Waals surface area contributed by atoms with Crippen molar-refractivity contribution in [1.82, 2.24) is 0 Å². The molecule has 0 bridgehead atoms. The molecule has 0 aliphatic carbocycles. The summed E-state index contributed by atoms with van der Waals surface area (Å²) in [6, 6.07) is 13.7. The summed E-state index contributed by atoms with van der Waals surface area (Å²) >= 11 is 0. The lowest BCUT2D eigenvalue weighted by molar-refractivity contribution is -0.387. The van der Waals surface area contributed by atoms with Crippen LogP contribution in [0.2, 0.25) is 0 Å². The highest BCUT2D eigenvalue weighted by atomic mass is 32.2. The predicted molar refractivity (Wildman–Crippen MR) is 93.4 cm³/mol. The predicted octanol–water partition coefficient (Wildman–Crippen LogP) is 2.94. The summed E-state index contributed by atoms with van der Waals surface area (Å²) in [5, 5.41) is 14.3. The molecule has 8 heteroatoms. The van der Waals surface area contributed by atoms with Gasteiger partial charge in [0.25, 0.3) is 5.69 Å². The maximum absolute atomic E-state index is 11.9. The SMILES string of the molecule is CS(=O)(=O)c1cc(NC2CCOC2c2ccccc2)ccc1[N+](=O)[O-]. The van der Waals surface area contributed by atoms with Crippen LogP contribution in [0.15, 0.2) is 53.4 Å². The summed E-state index contributed by atoms with van der Waals surface area (Å²) in [7, 11) is -3.71. The lowest BCUT2D eigenvalue weighted by Crippen LogP contribution is -2.23. The molecule has 1 fully saturated rings. The number of hydrogen-bond donors (Lipinski definition) is 1. The van der Waals surface area contributed by atoms with Gasteiger partial charge in [-0.05, 0) is 24.1 Å². The van der Waals surface area contributed by atoms with E-state index in [2.05, 4.69) is 5.32 Å². The lowest BCUT2D eigenvalue weighted by Gasteiger charge is -2.21. The maximum atomic E-state index is 11.9. The first-order chi connectivity index (χ1) is 11.9. The number of nitro groups is 1. The highest BCUT2D eigenvalue weighted by Crippen LogP contribution is 2.33. The third-order valence-electron chi connectivity index (χ3n) is 4.13. The van der Waals surface area contributed by atoms with Crippen molar-refractivity contribution in [3.63, 3.8) is 0 Å². The molecular formula is C17H18N2O5S. The summed E-state index contributed by atoms with van der Waals surface area (Å²) in [4.78, 5) is 10.1. The number of anilines is 1. The van der Waals surface area contributed by atoms with Gasteiger partial charge in [-0.25, -0.2) is 8.42 Å². The first kappa shape index (κ1) is 17.4. The molecule has 3 rings (SSSR count). The Balaban J connectivity index is 1.89. The van der Waals surface area contributed by atoms with E-state index in [0.29, 0.717) is 12.3 Å². The first-order valence-electron chi connectivity index (χ1n) is 7.78. The molecule has 1 heterocycles. The zero-order valence-electron chi connectivity index (χ0n) is 13.6. The molecule has 0 spiro atoms. The number of nitrogens with one attached hydrogen (secondary N) is 1. The zero-order valence-corrected chi connectivity index (χ0v) is 14.4. The van der Waals surface area contributed by atoms with Crippen molar-refractivity contribution in [2.75, 3.05) is 18.2 Å². The van der Waals surface area contributed by atoms with Gasteiger partial charge in [0.15, 0.2) is 9.84 Å². The molecule has 7 nitrogen and oxygen atoms in total. The standard InChI is InChI=1S/C17H18N2O5S/c1-25(22,23)16-11-13(7-8-15(16)19(20)21)18-14-9-10-24-17(14)12-5-3-2-4-6-12/h2-8,11,14,17-18H,9-10H2,1H3. The smallest absolute Gasteiger partial charge is 0.288 e. The Morgan fingerprint density at radius 2 is 1.92 bits per heavy atom. The molecule has 2 aromatic carbocycles. The maximum Gasteiger partial charge on any atom is 0.288 e. The van der Waals surface area contributed by atoms with Crippen molar-refractivity contribution in [1.29, 1.82) is 0 Å². The van der Waals surface area contributed by atoms with E-state index in [1.54, 1.807) is 0 Å². The number of hydrogen-bond acceptors (Lipinski definition) is 6. The van der Waals surface area contributed by atoms with Gasteiger partial charge in [0, 0.05) is 24.6 Å². The van der Waals surface area contributed by atoms with Crippen LogP contribution in [0.5, 0.6) is 0 Å². The highest BCUT2D eigenvalue weighted by molar-refractivity contribution is 7.90. The Kier molecular flexibility index (Phi) is 4.73. The second-order valence-electron chi connectivity index (χ2n) is 5.95. The van der Waals surface area contributed by atoms with E-state index in [4.69, 9.17) is 4.74 Å². The van der Waals surface area contributed by atoms with Gasteiger partial charge in [-0.1, -0.05) is 30.3 Å². The Morgan fingerprint density at radius 3 is 2.56 bits per heavy atom. The third-order valence-corrected chi connectivity index (χ3v) is 5.25. The molecule has 2 atom stereocenters. The van der Waals surface area contributed by atoms with Crippen molar-refractivity contribution < 1.29 is 18.1 Å². The minimum absolute atomic E-state index is 0.0451. The molecule has 0 radical (unpaired) electrons. The quantitative estimate of drug-likeness (QED) is 0.648. The van der Waals surface area contributed by atoms with E-state index in [0.717, 1.165) is 18.2 Å². The average molecular weight is 362 g/mol. The molecule has 1 aliphatic heterocycles. The van der Waals surface area contributed by atoms with E-state index in [9.17, 15) is 18.5 Å². The number of ether oxygens (including phenoxy) is 1. The topological polar surface area (TPSA) is 98.5 Å². The first-order valence-corrected chi connectivity index (χ1v) is 9.67. The number of nitrogens with zero attached hydrogens (tertiary/aromatic N) is 1. The monoisotopic (exact) mass is 362 g/mol. The van der Waals surface area contributed by atoms with Gasteiger partial charge < -0.3 is 10.1 Å². The molecule has 0 amide bonds. The fourth-order valence-corrected chi connectivity index (χ4v) is 3.84. The van der Waals surface area contributed by atoms with Crippen LogP contribution >= 0.6 is 0 Å². The molecule has 2 unspecified atom stereocenters. The Morgan fingerprint density at radius 1 is 1.20 bits per heavy atom. The molecule has 1 aliphatic rings. The summed E-state index contributed by atoms with van der Waals surface area (Å²) in [6.45, 7) is 0.586. The van der Waals surface area contributed by atoms with Crippen molar-refractivity contribution in [2.45, 2.75) is 23.5 Å². The largest absolute Gasteiger partial charge is 0.379 e. The molecular weight excluding hydrogens is 344 g/mol. The van der Waals surface area contributed by atoms with Crippen LogP contribution in [0, 0.1) is 10.1 Å². The Bertz CT molecular complexity index is 883. The van der Waals surface area contributed by atoms with Crippen molar-refractivity contribution in [3.05, 3.63) is 64.2 Å². The number of benzene rings is 2. The zero-order chi connectivity index (χ0) is 18.0. The molecule has 0 saturated carbocycles. The lowest BCUT2D eigenvalue weighted by atomic mass is 10.0. The second-order valence-corrected chi connectivity index (χ2v) is 7.94. The van der Waals surface area contributed by atoms with Crippen LogP contribution in [0.1, 0.15) is 18.1 Å². The molecule has 1 saturated heterocycles. The number of nitro benzene ring substituents is 1. The van der Waals surface area contributed by atoms with Gasteiger partial charge in [-0.15, -0.1) is 0 Å². The van der Waals surface area contributed by atoms with E-state index in [1.165, 1.54) is 18.2 Å². The van der Waals surface area contributed by atoms with Gasteiger partial charge >= 0.3 is 0 Å². The van der Waals surface area contributed by atoms with Gasteiger partial charge in [-0.3, -0.25) is 10.1 Å². The van der Waals surface area contributed by atoms with Gasteiger partial charge in [0.2, 0.25) is 0 Å². The van der Waals surface area contributed by atoms with Crippen LogP contribution in [0.4, 0.5) is 11.4 Å². The fourth-order valence-electron chi connectivity index (χ4n) is 2.97. The third kappa shape index (κ3) is 3.80. The van der Waals surface area contributed by atoms with Gasteiger partial charge in [0.1, 0.15) is 11.0 Å². The summed E-state index contributed by atoms with van der Waals surface area (Å²) in [5.74, 6) is 0. The summed E-state index contributed by atoms with van der Waals surface area (Å²) in [6.07, 6.45) is 1.56. The van der Waals surface area contributed by atoms with E-state index >= 15 is 0 Å². The Labute approximate surface area is 145 Å². The molecule has 25 heavy (non-hydrogen) atoms. The number of rotatable bonds is 5. The summed E-state index contributed by atoms with van der Waals surface area (Å²) in [5.41, 5.74) is 1.13.